The van der Waals surface area contributed by atoms with Gasteiger partial charge in [0.15, 0.2) is 0 Å². The van der Waals surface area contributed by atoms with Gasteiger partial charge in [0.2, 0.25) is 0 Å². The second-order valence-corrected chi connectivity index (χ2v) is 7.28. The Morgan fingerprint density at radius 2 is 1.93 bits per heavy atom. The van der Waals surface area contributed by atoms with E-state index in [-0.39, 0.29) is 0 Å². The standard InChI is InChI=1S/C23H28N2O3/c1-5-16(3)24-13-20-19-11-10-18(28-4)12-21(19)25(22(20)23(26)27)14-17-8-6-15(2)7-9-17/h6-12,16,24H,5,13-14H2,1-4H3,(H,26,27). The first kappa shape index (κ1) is 20.0. The van der Waals surface area contributed by atoms with Crippen molar-refractivity contribution in [2.45, 2.75) is 46.3 Å². The molecule has 0 spiro atoms. The zero-order chi connectivity index (χ0) is 20.3. The maximum atomic E-state index is 12.2. The molecule has 148 valence electrons. The van der Waals surface area contributed by atoms with E-state index in [1.807, 2.05) is 54.0 Å². The number of nitrogens with one attached hydrogen (secondary N) is 1. The Morgan fingerprint density at radius 1 is 1.21 bits per heavy atom. The van der Waals surface area contributed by atoms with Crippen LogP contribution in [0.1, 0.15) is 47.4 Å². The van der Waals surface area contributed by atoms with Crippen molar-refractivity contribution in [2.24, 2.45) is 0 Å². The number of hydrogen-bond acceptors (Lipinski definition) is 3. The van der Waals surface area contributed by atoms with Gasteiger partial charge in [-0.2, -0.15) is 0 Å². The van der Waals surface area contributed by atoms with Gasteiger partial charge >= 0.3 is 5.97 Å². The van der Waals surface area contributed by atoms with Gasteiger partial charge in [0, 0.05) is 36.1 Å². The summed E-state index contributed by atoms with van der Waals surface area (Å²) in [6, 6.07) is 14.3. The van der Waals surface area contributed by atoms with Gasteiger partial charge in [-0.05, 0) is 38.0 Å². The number of fused-ring (bicyclic) bond motifs is 1. The summed E-state index contributed by atoms with van der Waals surface area (Å²) < 4.78 is 7.28. The maximum absolute atomic E-state index is 12.2. The molecule has 1 atom stereocenters. The van der Waals surface area contributed by atoms with Crippen LogP contribution in [0, 0.1) is 6.92 Å². The van der Waals surface area contributed by atoms with Crippen LogP contribution in [-0.2, 0) is 13.1 Å². The number of aromatic carboxylic acids is 1. The number of carbonyl (C=O) groups is 1. The van der Waals surface area contributed by atoms with Crippen LogP contribution in [0.2, 0.25) is 0 Å². The SMILES string of the molecule is CCC(C)NCc1c(C(=O)O)n(Cc2ccc(C)cc2)c2cc(OC)ccc12. The maximum Gasteiger partial charge on any atom is 0.352 e. The zero-order valence-electron chi connectivity index (χ0n) is 17.0. The van der Waals surface area contributed by atoms with Crippen LogP contribution in [0.25, 0.3) is 10.9 Å². The van der Waals surface area contributed by atoms with E-state index in [0.717, 1.165) is 28.5 Å². The van der Waals surface area contributed by atoms with Crippen LogP contribution >= 0.6 is 0 Å². The second kappa shape index (κ2) is 8.48. The fourth-order valence-electron chi connectivity index (χ4n) is 3.41. The van der Waals surface area contributed by atoms with Crippen molar-refractivity contribution in [3.63, 3.8) is 0 Å². The molecule has 2 aromatic carbocycles. The number of nitrogens with zero attached hydrogens (tertiary/aromatic N) is 1. The lowest BCUT2D eigenvalue weighted by molar-refractivity contribution is 0.0684. The molecule has 0 aliphatic rings. The number of aromatic nitrogens is 1. The van der Waals surface area contributed by atoms with Crippen LogP contribution < -0.4 is 10.1 Å². The first-order valence-corrected chi connectivity index (χ1v) is 9.65. The van der Waals surface area contributed by atoms with E-state index >= 15 is 0 Å². The fourth-order valence-corrected chi connectivity index (χ4v) is 3.41. The van der Waals surface area contributed by atoms with Gasteiger partial charge in [-0.25, -0.2) is 4.79 Å². The molecule has 1 aromatic heterocycles. The second-order valence-electron chi connectivity index (χ2n) is 7.28. The first-order valence-electron chi connectivity index (χ1n) is 9.65. The third-order valence-electron chi connectivity index (χ3n) is 5.28. The number of hydrogen-bond donors (Lipinski definition) is 2. The van der Waals surface area contributed by atoms with Crippen LogP contribution in [0.3, 0.4) is 0 Å². The fraction of sp³-hybridized carbons (Fsp3) is 0.348. The largest absolute Gasteiger partial charge is 0.497 e. The molecule has 0 aliphatic heterocycles. The number of rotatable bonds is 8. The average molecular weight is 380 g/mol. The summed E-state index contributed by atoms with van der Waals surface area (Å²) in [5.41, 5.74) is 4.27. The minimum absolute atomic E-state index is 0.315. The summed E-state index contributed by atoms with van der Waals surface area (Å²) in [4.78, 5) is 12.2. The highest BCUT2D eigenvalue weighted by molar-refractivity contribution is 5.98. The minimum Gasteiger partial charge on any atom is -0.497 e. The Kier molecular flexibility index (Phi) is 6.05. The topological polar surface area (TPSA) is 63.5 Å². The average Bonchev–Trinajstić information content (AvgIpc) is 3.00. The highest BCUT2D eigenvalue weighted by Crippen LogP contribution is 2.31. The molecule has 0 saturated heterocycles. The summed E-state index contributed by atoms with van der Waals surface area (Å²) in [6.45, 7) is 7.27. The molecule has 3 rings (SSSR count). The van der Waals surface area contributed by atoms with Crippen molar-refractivity contribution in [1.82, 2.24) is 9.88 Å². The van der Waals surface area contributed by atoms with Crippen LogP contribution in [0.4, 0.5) is 0 Å². The molecule has 0 amide bonds. The zero-order valence-corrected chi connectivity index (χ0v) is 17.0. The van der Waals surface area contributed by atoms with Gasteiger partial charge in [0.25, 0.3) is 0 Å². The molecule has 2 N–H and O–H groups in total. The quantitative estimate of drug-likeness (QED) is 0.600. The van der Waals surface area contributed by atoms with Crippen molar-refractivity contribution in [3.05, 3.63) is 64.8 Å². The van der Waals surface area contributed by atoms with Crippen molar-refractivity contribution in [2.75, 3.05) is 7.11 Å². The molecule has 0 bridgehead atoms. The first-order chi connectivity index (χ1) is 13.4. The van der Waals surface area contributed by atoms with Crippen molar-refractivity contribution >= 4 is 16.9 Å². The highest BCUT2D eigenvalue weighted by atomic mass is 16.5. The van der Waals surface area contributed by atoms with Crippen molar-refractivity contribution in [3.8, 4) is 5.75 Å². The minimum atomic E-state index is -0.914. The van der Waals surface area contributed by atoms with Crippen molar-refractivity contribution < 1.29 is 14.6 Å². The van der Waals surface area contributed by atoms with Gasteiger partial charge in [0.05, 0.1) is 12.6 Å². The van der Waals surface area contributed by atoms with E-state index in [2.05, 4.69) is 19.2 Å². The molecule has 5 heteroatoms. The predicted molar refractivity (Wildman–Crippen MR) is 112 cm³/mol. The summed E-state index contributed by atoms with van der Waals surface area (Å²) >= 11 is 0. The summed E-state index contributed by atoms with van der Waals surface area (Å²) in [7, 11) is 1.62. The molecule has 1 unspecified atom stereocenters. The summed E-state index contributed by atoms with van der Waals surface area (Å²) in [5.74, 6) is -0.197. The normalized spacial score (nSPS) is 12.3. The lowest BCUT2D eigenvalue weighted by Crippen LogP contribution is -2.25. The van der Waals surface area contributed by atoms with Gasteiger partial charge < -0.3 is 19.7 Å². The molecule has 0 saturated carbocycles. The summed E-state index contributed by atoms with van der Waals surface area (Å²) in [5, 5.41) is 14.4. The lowest BCUT2D eigenvalue weighted by Gasteiger charge is -2.12. The van der Waals surface area contributed by atoms with Gasteiger partial charge in [-0.1, -0.05) is 36.8 Å². The third-order valence-corrected chi connectivity index (χ3v) is 5.28. The van der Waals surface area contributed by atoms with Gasteiger partial charge in [-0.15, -0.1) is 0 Å². The van der Waals surface area contributed by atoms with Gasteiger partial charge in [-0.3, -0.25) is 0 Å². The smallest absolute Gasteiger partial charge is 0.352 e. The summed E-state index contributed by atoms with van der Waals surface area (Å²) in [6.07, 6.45) is 0.984. The number of aryl methyl sites for hydroxylation is 1. The third kappa shape index (κ3) is 4.04. The number of methoxy groups -OCH3 is 1. The number of carboxylic acid groups (broad SMARTS) is 1. The molecule has 0 aliphatic carbocycles. The van der Waals surface area contributed by atoms with Gasteiger partial charge in [0.1, 0.15) is 11.4 Å². The molecule has 0 radical (unpaired) electrons. The van der Waals surface area contributed by atoms with Crippen LogP contribution in [-0.4, -0.2) is 28.8 Å². The predicted octanol–water partition coefficient (Wildman–Crippen LogP) is 4.59. The number of carboxylic acids is 1. The Labute approximate surface area is 165 Å². The van der Waals surface area contributed by atoms with Crippen molar-refractivity contribution in [1.29, 1.82) is 0 Å². The van der Waals surface area contributed by atoms with E-state index in [1.165, 1.54) is 5.56 Å². The van der Waals surface area contributed by atoms with E-state index in [0.29, 0.717) is 30.6 Å². The molecule has 1 heterocycles. The molecular weight excluding hydrogens is 352 g/mol. The molecule has 5 nitrogen and oxygen atoms in total. The Bertz CT molecular complexity index is 974. The molecular formula is C23H28N2O3. The molecule has 28 heavy (non-hydrogen) atoms. The van der Waals surface area contributed by atoms with E-state index in [9.17, 15) is 9.90 Å². The Balaban J connectivity index is 2.16. The molecule has 3 aromatic rings. The monoisotopic (exact) mass is 380 g/mol. The van der Waals surface area contributed by atoms with E-state index in [4.69, 9.17) is 4.74 Å². The van der Waals surface area contributed by atoms with Crippen LogP contribution in [0.15, 0.2) is 42.5 Å². The van der Waals surface area contributed by atoms with E-state index in [1.54, 1.807) is 7.11 Å². The van der Waals surface area contributed by atoms with E-state index < -0.39 is 5.97 Å². The Morgan fingerprint density at radius 3 is 2.54 bits per heavy atom. The Hall–Kier alpha value is -2.79. The number of benzene rings is 2. The highest BCUT2D eigenvalue weighted by Gasteiger charge is 2.23. The lowest BCUT2D eigenvalue weighted by atomic mass is 10.1. The van der Waals surface area contributed by atoms with Crippen LogP contribution in [0.5, 0.6) is 5.75 Å². The molecule has 0 fully saturated rings. The number of ether oxygens (including phenoxy) is 1.